The van der Waals surface area contributed by atoms with E-state index in [9.17, 15) is 9.59 Å². The van der Waals surface area contributed by atoms with Gasteiger partial charge < -0.3 is 9.64 Å². The maximum absolute atomic E-state index is 12.3. The van der Waals surface area contributed by atoms with Gasteiger partial charge in [0.05, 0.1) is 30.4 Å². The number of thiazole rings is 1. The molecule has 0 atom stereocenters. The Bertz CT molecular complexity index is 611. The second kappa shape index (κ2) is 6.29. The molecule has 0 fully saturated rings. The first-order valence-electron chi connectivity index (χ1n) is 5.92. The molecule has 2 aromatic rings. The minimum atomic E-state index is -0.457. The Morgan fingerprint density at radius 2 is 2.10 bits per heavy atom. The summed E-state index contributed by atoms with van der Waals surface area (Å²) >= 11 is 1.49. The van der Waals surface area contributed by atoms with E-state index in [0.29, 0.717) is 17.7 Å². The molecule has 1 amide bonds. The van der Waals surface area contributed by atoms with Gasteiger partial charge in [0.25, 0.3) is 5.91 Å². The quantitative estimate of drug-likeness (QED) is 0.810. The summed E-state index contributed by atoms with van der Waals surface area (Å²) in [7, 11) is 3.01. The van der Waals surface area contributed by atoms with Gasteiger partial charge in [0.15, 0.2) is 0 Å². The Morgan fingerprint density at radius 1 is 1.35 bits per heavy atom. The van der Waals surface area contributed by atoms with Crippen LogP contribution in [0.3, 0.4) is 0 Å². The zero-order valence-corrected chi connectivity index (χ0v) is 12.0. The summed E-state index contributed by atoms with van der Waals surface area (Å²) in [5.41, 5.74) is 3.38. The van der Waals surface area contributed by atoms with Gasteiger partial charge in [0.1, 0.15) is 0 Å². The van der Waals surface area contributed by atoms with Gasteiger partial charge in [-0.3, -0.25) is 4.79 Å². The highest BCUT2D eigenvalue weighted by Crippen LogP contribution is 2.11. The molecular formula is C14H14N2O3S. The van der Waals surface area contributed by atoms with Crippen molar-refractivity contribution in [1.29, 1.82) is 0 Å². The number of carbonyl (C=O) groups is 2. The topological polar surface area (TPSA) is 59.5 Å². The Balaban J connectivity index is 2.14. The maximum Gasteiger partial charge on any atom is 0.337 e. The smallest absolute Gasteiger partial charge is 0.337 e. The fourth-order valence-electron chi connectivity index (χ4n) is 1.75. The van der Waals surface area contributed by atoms with Gasteiger partial charge in [-0.2, -0.15) is 0 Å². The molecule has 1 aromatic heterocycles. The van der Waals surface area contributed by atoms with E-state index >= 15 is 0 Å². The van der Waals surface area contributed by atoms with Crippen LogP contribution in [0.15, 0.2) is 35.2 Å². The summed E-state index contributed by atoms with van der Waals surface area (Å²) in [4.78, 5) is 29.4. The molecular weight excluding hydrogens is 276 g/mol. The lowest BCUT2D eigenvalue weighted by Crippen LogP contribution is -2.26. The van der Waals surface area contributed by atoms with Crippen LogP contribution in [0, 0.1) is 0 Å². The van der Waals surface area contributed by atoms with E-state index in [1.54, 1.807) is 35.7 Å². The van der Waals surface area contributed by atoms with E-state index in [-0.39, 0.29) is 5.91 Å². The van der Waals surface area contributed by atoms with Crippen LogP contribution in [0.5, 0.6) is 0 Å². The van der Waals surface area contributed by atoms with Crippen LogP contribution in [0.2, 0.25) is 0 Å². The Morgan fingerprint density at radius 3 is 2.75 bits per heavy atom. The van der Waals surface area contributed by atoms with Gasteiger partial charge in [0.2, 0.25) is 0 Å². The SMILES string of the molecule is COC(=O)c1cccc(C(=O)N(C)Cc2cscn2)c1. The largest absolute Gasteiger partial charge is 0.465 e. The van der Waals surface area contributed by atoms with Crippen molar-refractivity contribution < 1.29 is 14.3 Å². The van der Waals surface area contributed by atoms with Crippen LogP contribution in [-0.2, 0) is 11.3 Å². The molecule has 1 heterocycles. The van der Waals surface area contributed by atoms with Crippen LogP contribution in [-0.4, -0.2) is 35.9 Å². The van der Waals surface area contributed by atoms with E-state index < -0.39 is 5.97 Å². The lowest BCUT2D eigenvalue weighted by atomic mass is 10.1. The van der Waals surface area contributed by atoms with Crippen LogP contribution in [0.25, 0.3) is 0 Å². The van der Waals surface area contributed by atoms with Gasteiger partial charge in [-0.25, -0.2) is 9.78 Å². The number of amides is 1. The number of methoxy groups -OCH3 is 1. The predicted molar refractivity (Wildman–Crippen MR) is 75.7 cm³/mol. The molecule has 0 radical (unpaired) electrons. The van der Waals surface area contributed by atoms with Gasteiger partial charge >= 0.3 is 5.97 Å². The molecule has 6 heteroatoms. The van der Waals surface area contributed by atoms with Crippen molar-refractivity contribution in [1.82, 2.24) is 9.88 Å². The lowest BCUT2D eigenvalue weighted by molar-refractivity contribution is 0.0600. The number of aromatic nitrogens is 1. The standard InChI is InChI=1S/C14H14N2O3S/c1-16(7-12-8-20-9-15-12)13(17)10-4-3-5-11(6-10)14(18)19-2/h3-6,8-9H,7H2,1-2H3. The summed E-state index contributed by atoms with van der Waals surface area (Å²) < 4.78 is 4.64. The summed E-state index contributed by atoms with van der Waals surface area (Å²) in [6.07, 6.45) is 0. The number of benzene rings is 1. The minimum absolute atomic E-state index is 0.163. The van der Waals surface area contributed by atoms with Crippen molar-refractivity contribution in [3.8, 4) is 0 Å². The number of carbonyl (C=O) groups excluding carboxylic acids is 2. The van der Waals surface area contributed by atoms with Crippen molar-refractivity contribution >= 4 is 23.2 Å². The molecule has 0 aliphatic carbocycles. The molecule has 0 unspecified atom stereocenters. The zero-order chi connectivity index (χ0) is 14.5. The Kier molecular flexibility index (Phi) is 4.47. The van der Waals surface area contributed by atoms with Gasteiger partial charge in [0, 0.05) is 18.0 Å². The van der Waals surface area contributed by atoms with Crippen LogP contribution < -0.4 is 0 Å². The van der Waals surface area contributed by atoms with Crippen molar-refractivity contribution in [3.05, 3.63) is 52.0 Å². The highest BCUT2D eigenvalue weighted by molar-refractivity contribution is 7.07. The van der Waals surface area contributed by atoms with Gasteiger partial charge in [-0.1, -0.05) is 6.07 Å². The Labute approximate surface area is 120 Å². The average molecular weight is 290 g/mol. The van der Waals surface area contributed by atoms with Crippen molar-refractivity contribution in [2.75, 3.05) is 14.2 Å². The highest BCUT2D eigenvalue weighted by Gasteiger charge is 2.15. The van der Waals surface area contributed by atoms with E-state index in [4.69, 9.17) is 0 Å². The normalized spacial score (nSPS) is 10.1. The Hall–Kier alpha value is -2.21. The fraction of sp³-hybridized carbons (Fsp3) is 0.214. The van der Waals surface area contributed by atoms with Crippen molar-refractivity contribution in [2.24, 2.45) is 0 Å². The third-order valence-corrected chi connectivity index (χ3v) is 3.40. The molecule has 0 bridgehead atoms. The predicted octanol–water partition coefficient (Wildman–Crippen LogP) is 2.20. The van der Waals surface area contributed by atoms with Crippen molar-refractivity contribution in [3.63, 3.8) is 0 Å². The van der Waals surface area contributed by atoms with Crippen LogP contribution in [0.4, 0.5) is 0 Å². The molecule has 104 valence electrons. The first-order chi connectivity index (χ1) is 9.61. The maximum atomic E-state index is 12.3. The summed E-state index contributed by atoms with van der Waals surface area (Å²) in [6, 6.07) is 6.48. The minimum Gasteiger partial charge on any atom is -0.465 e. The second-order valence-electron chi connectivity index (χ2n) is 4.21. The summed E-state index contributed by atoms with van der Waals surface area (Å²) in [5, 5.41) is 1.90. The van der Waals surface area contributed by atoms with E-state index in [0.717, 1.165) is 5.69 Å². The monoisotopic (exact) mass is 290 g/mol. The first-order valence-corrected chi connectivity index (χ1v) is 6.87. The number of rotatable bonds is 4. The molecule has 1 aromatic carbocycles. The molecule has 5 nitrogen and oxygen atoms in total. The third-order valence-electron chi connectivity index (χ3n) is 2.76. The highest BCUT2D eigenvalue weighted by atomic mass is 32.1. The zero-order valence-electron chi connectivity index (χ0n) is 11.2. The number of hydrogen-bond donors (Lipinski definition) is 0. The van der Waals surface area contributed by atoms with E-state index in [2.05, 4.69) is 9.72 Å². The van der Waals surface area contributed by atoms with Crippen molar-refractivity contribution in [2.45, 2.75) is 6.54 Å². The molecule has 0 N–H and O–H groups in total. The van der Waals surface area contributed by atoms with Crippen LogP contribution >= 0.6 is 11.3 Å². The average Bonchev–Trinajstić information content (AvgIpc) is 2.98. The number of hydrogen-bond acceptors (Lipinski definition) is 5. The summed E-state index contributed by atoms with van der Waals surface area (Å²) in [5.74, 6) is -0.620. The lowest BCUT2D eigenvalue weighted by Gasteiger charge is -2.16. The van der Waals surface area contributed by atoms with E-state index in [1.807, 2.05) is 5.38 Å². The second-order valence-corrected chi connectivity index (χ2v) is 4.93. The first kappa shape index (κ1) is 14.2. The molecule has 0 spiro atoms. The third kappa shape index (κ3) is 3.21. The number of esters is 1. The van der Waals surface area contributed by atoms with Gasteiger partial charge in [-0.05, 0) is 18.2 Å². The summed E-state index contributed by atoms with van der Waals surface area (Å²) in [6.45, 7) is 0.435. The molecule has 0 aliphatic rings. The van der Waals surface area contributed by atoms with Gasteiger partial charge in [-0.15, -0.1) is 11.3 Å². The van der Waals surface area contributed by atoms with Crippen LogP contribution in [0.1, 0.15) is 26.4 Å². The molecule has 20 heavy (non-hydrogen) atoms. The fourth-order valence-corrected chi connectivity index (χ4v) is 2.30. The number of ether oxygens (including phenoxy) is 1. The molecule has 0 aliphatic heterocycles. The molecule has 0 saturated carbocycles. The number of nitrogens with zero attached hydrogens (tertiary/aromatic N) is 2. The molecule has 0 saturated heterocycles. The molecule has 2 rings (SSSR count). The van der Waals surface area contributed by atoms with E-state index in [1.165, 1.54) is 24.5 Å².